The number of carbonyl (C=O) groups is 2. The number of methoxy groups -OCH3 is 1. The number of nitrogens with zero attached hydrogens (tertiary/aromatic N) is 3. The van der Waals surface area contributed by atoms with Crippen molar-refractivity contribution in [3.8, 4) is 0 Å². The molecule has 2 saturated carbocycles. The summed E-state index contributed by atoms with van der Waals surface area (Å²) >= 11 is 0. The average molecular weight is 582 g/mol. The number of fused-ring (bicyclic) bond motifs is 1. The molecule has 12 nitrogen and oxygen atoms in total. The van der Waals surface area contributed by atoms with E-state index in [1.54, 1.807) is 12.4 Å². The number of hydrogen-bond donors (Lipinski definition) is 4. The van der Waals surface area contributed by atoms with Crippen LogP contribution in [0, 0.1) is 0 Å². The number of carbonyl (C=O) groups excluding carboxylic acids is 2. The molecule has 3 fully saturated rings. The Morgan fingerprint density at radius 1 is 1.22 bits per heavy atom. The number of aromatic nitrogens is 4. The van der Waals surface area contributed by atoms with Crippen LogP contribution in [0.15, 0.2) is 22.8 Å². The van der Waals surface area contributed by atoms with Crippen LogP contribution in [0.3, 0.4) is 0 Å². The smallest absolute Gasteiger partial charge is 0.384 e. The van der Waals surface area contributed by atoms with Crippen LogP contribution in [-0.2, 0) is 22.3 Å². The average Bonchev–Trinajstić information content (AvgIpc) is 3.77. The Labute approximate surface area is 233 Å². The predicted molar refractivity (Wildman–Crippen MR) is 140 cm³/mol. The number of imidazole rings is 1. The first-order valence-electron chi connectivity index (χ1n) is 13.4. The molecule has 0 radical (unpaired) electrons. The van der Waals surface area contributed by atoms with Crippen molar-refractivity contribution in [3.05, 3.63) is 41.0 Å². The third-order valence-corrected chi connectivity index (χ3v) is 6.50. The number of rotatable bonds is 9. The molecule has 1 aliphatic heterocycles. The van der Waals surface area contributed by atoms with Gasteiger partial charge in [-0.25, -0.2) is 14.4 Å². The summed E-state index contributed by atoms with van der Waals surface area (Å²) < 4.78 is 50.4. The van der Waals surface area contributed by atoms with E-state index in [1.807, 2.05) is 5.32 Å². The fraction of sp³-hybridized carbons (Fsp3) is 0.577. The van der Waals surface area contributed by atoms with Gasteiger partial charge in [0.2, 0.25) is 0 Å². The Kier molecular flexibility index (Phi) is 9.81. The molecule has 3 aromatic rings. The maximum absolute atomic E-state index is 11.7. The topological polar surface area (TPSA) is 170 Å². The molecule has 2 aromatic heterocycles. The fourth-order valence-corrected chi connectivity index (χ4v) is 4.08. The van der Waals surface area contributed by atoms with E-state index in [-0.39, 0.29) is 18.3 Å². The standard InChI is InChI=1S/C16H22N2O2.C6H7N3O2.C4H5F3N2O/c1-11(20-13-4-5-13)9-16-17-14-6-3-12(7-8-19-2)10-15(14)18-16;7-6(10)5-4(3-1-2-3)8-11-9-5;5-4(6,7)2-1-8-3(10)9-2/h3,6,10-11,13H,4-5,7-9H2,1-2H3,(H,17,18);3H,1-2H2,(H2,7,10);2H,1H2,(H2,8,9,10)/t11-;;/m1../s1. The van der Waals surface area contributed by atoms with E-state index in [2.05, 4.69) is 50.0 Å². The van der Waals surface area contributed by atoms with Gasteiger partial charge in [-0.3, -0.25) is 4.79 Å². The predicted octanol–water partition coefficient (Wildman–Crippen LogP) is 3.14. The van der Waals surface area contributed by atoms with Gasteiger partial charge >= 0.3 is 12.2 Å². The van der Waals surface area contributed by atoms with Crippen molar-refractivity contribution < 1.29 is 36.9 Å². The van der Waals surface area contributed by atoms with Crippen molar-refractivity contribution in [3.63, 3.8) is 0 Å². The van der Waals surface area contributed by atoms with Gasteiger partial charge in [0.1, 0.15) is 17.6 Å². The Morgan fingerprint density at radius 3 is 2.54 bits per heavy atom. The molecule has 2 aliphatic carbocycles. The van der Waals surface area contributed by atoms with Gasteiger partial charge in [-0.2, -0.15) is 13.2 Å². The minimum Gasteiger partial charge on any atom is -0.384 e. The lowest BCUT2D eigenvalue weighted by Crippen LogP contribution is -2.40. The van der Waals surface area contributed by atoms with Crippen molar-refractivity contribution in [2.75, 3.05) is 20.3 Å². The van der Waals surface area contributed by atoms with Crippen LogP contribution in [0.25, 0.3) is 11.0 Å². The summed E-state index contributed by atoms with van der Waals surface area (Å²) in [5.41, 5.74) is 9.24. The second kappa shape index (κ2) is 13.3. The number of primary amides is 1. The zero-order valence-corrected chi connectivity index (χ0v) is 22.8. The molecule has 224 valence electrons. The first-order valence-corrected chi connectivity index (χ1v) is 13.4. The number of benzene rings is 1. The van der Waals surface area contributed by atoms with Gasteiger partial charge in [0.15, 0.2) is 5.69 Å². The highest BCUT2D eigenvalue weighted by Crippen LogP contribution is 2.40. The van der Waals surface area contributed by atoms with Gasteiger partial charge in [-0.15, -0.1) is 0 Å². The van der Waals surface area contributed by atoms with Crippen molar-refractivity contribution in [2.24, 2.45) is 5.73 Å². The maximum Gasteiger partial charge on any atom is 0.410 e. The molecule has 1 saturated heterocycles. The number of alkyl halides is 3. The van der Waals surface area contributed by atoms with Crippen LogP contribution in [0.1, 0.15) is 66.1 Å². The van der Waals surface area contributed by atoms with E-state index in [9.17, 15) is 22.8 Å². The summed E-state index contributed by atoms with van der Waals surface area (Å²) in [5, 5.41) is 10.8. The zero-order valence-electron chi connectivity index (χ0n) is 22.8. The van der Waals surface area contributed by atoms with E-state index < -0.39 is 24.2 Å². The number of nitrogens with two attached hydrogens (primary N) is 1. The maximum atomic E-state index is 11.7. The summed E-state index contributed by atoms with van der Waals surface area (Å²) in [4.78, 5) is 28.9. The Morgan fingerprint density at radius 2 is 1.98 bits per heavy atom. The summed E-state index contributed by atoms with van der Waals surface area (Å²) in [7, 11) is 1.73. The second-order valence-corrected chi connectivity index (χ2v) is 10.2. The van der Waals surface area contributed by atoms with Gasteiger partial charge in [0.05, 0.1) is 29.8 Å². The summed E-state index contributed by atoms with van der Waals surface area (Å²) in [6.45, 7) is 2.50. The lowest BCUT2D eigenvalue weighted by Gasteiger charge is -2.11. The number of ether oxygens (including phenoxy) is 2. The van der Waals surface area contributed by atoms with Gasteiger partial charge in [0, 0.05) is 26.0 Å². The minimum atomic E-state index is -4.33. The van der Waals surface area contributed by atoms with Crippen LogP contribution in [0.4, 0.5) is 18.0 Å². The van der Waals surface area contributed by atoms with Crippen LogP contribution in [-0.4, -0.2) is 76.9 Å². The molecule has 1 aromatic carbocycles. The lowest BCUT2D eigenvalue weighted by atomic mass is 10.1. The molecular weight excluding hydrogens is 547 g/mol. The number of amides is 3. The molecule has 15 heteroatoms. The number of hydrogen-bond acceptors (Lipinski definition) is 8. The number of urea groups is 1. The van der Waals surface area contributed by atoms with Gasteiger partial charge in [-0.05, 0) is 61.9 Å². The normalized spacial score (nSPS) is 19.0. The van der Waals surface area contributed by atoms with Crippen molar-refractivity contribution >= 4 is 23.0 Å². The van der Waals surface area contributed by atoms with E-state index in [4.69, 9.17) is 15.2 Å². The monoisotopic (exact) mass is 581 g/mol. The Balaban J connectivity index is 0.000000156. The number of nitrogens with one attached hydrogen (secondary N) is 3. The molecule has 0 bridgehead atoms. The first kappa shape index (κ1) is 30.2. The van der Waals surface area contributed by atoms with E-state index >= 15 is 0 Å². The first-order chi connectivity index (χ1) is 19.5. The summed E-state index contributed by atoms with van der Waals surface area (Å²) in [6.07, 6.45) is 2.70. The van der Waals surface area contributed by atoms with E-state index in [1.165, 1.54) is 18.4 Å². The molecule has 1 unspecified atom stereocenters. The largest absolute Gasteiger partial charge is 0.410 e. The third-order valence-electron chi connectivity index (χ3n) is 6.50. The Hall–Kier alpha value is -3.72. The zero-order chi connectivity index (χ0) is 29.6. The second-order valence-electron chi connectivity index (χ2n) is 10.2. The summed E-state index contributed by atoms with van der Waals surface area (Å²) in [6, 6.07) is 3.88. The Bertz CT molecular complexity index is 1320. The molecule has 0 spiro atoms. The van der Waals surface area contributed by atoms with Crippen molar-refractivity contribution in [2.45, 2.75) is 75.8 Å². The molecule has 3 aliphatic rings. The van der Waals surface area contributed by atoms with Crippen LogP contribution in [0.2, 0.25) is 0 Å². The van der Waals surface area contributed by atoms with Crippen LogP contribution < -0.4 is 16.4 Å². The highest BCUT2D eigenvalue weighted by Gasteiger charge is 2.43. The van der Waals surface area contributed by atoms with Gasteiger partial charge < -0.3 is 30.8 Å². The SMILES string of the molecule is COCCc1ccc2nc(C[C@@H](C)OC3CC3)[nH]c2c1.NC(=O)c1nonc1C1CC1.O=C1NCC(C(F)(F)F)N1. The quantitative estimate of drug-likeness (QED) is 0.299. The number of aromatic amines is 1. The molecule has 2 atom stereocenters. The number of H-pyrrole nitrogens is 1. The van der Waals surface area contributed by atoms with Gasteiger partial charge in [0.25, 0.3) is 5.91 Å². The van der Waals surface area contributed by atoms with Crippen LogP contribution in [0.5, 0.6) is 0 Å². The molecule has 5 N–H and O–H groups in total. The molecule has 3 heterocycles. The van der Waals surface area contributed by atoms with E-state index in [0.29, 0.717) is 17.7 Å². The molecule has 6 rings (SSSR count). The minimum absolute atomic E-state index is 0.188. The van der Waals surface area contributed by atoms with Crippen LogP contribution >= 0.6 is 0 Å². The molecule has 3 amide bonds. The van der Waals surface area contributed by atoms with E-state index in [0.717, 1.165) is 49.1 Å². The third kappa shape index (κ3) is 9.14. The summed E-state index contributed by atoms with van der Waals surface area (Å²) in [5.74, 6) is 0.800. The highest BCUT2D eigenvalue weighted by molar-refractivity contribution is 5.91. The highest BCUT2D eigenvalue weighted by atomic mass is 19.4. The number of halogens is 3. The van der Waals surface area contributed by atoms with Crippen molar-refractivity contribution in [1.29, 1.82) is 0 Å². The lowest BCUT2D eigenvalue weighted by molar-refractivity contribution is -0.148. The van der Waals surface area contributed by atoms with Crippen molar-refractivity contribution in [1.82, 2.24) is 30.9 Å². The molecule has 41 heavy (non-hydrogen) atoms. The van der Waals surface area contributed by atoms with Gasteiger partial charge in [-0.1, -0.05) is 11.2 Å². The fourth-order valence-electron chi connectivity index (χ4n) is 4.08. The molecular formula is C26H34F3N7O5.